The predicted octanol–water partition coefficient (Wildman–Crippen LogP) is 4.26. The van der Waals surface area contributed by atoms with E-state index < -0.39 is 6.04 Å². The summed E-state index contributed by atoms with van der Waals surface area (Å²) in [5.41, 5.74) is 11.9. The monoisotopic (exact) mass is 413 g/mol. The van der Waals surface area contributed by atoms with E-state index in [4.69, 9.17) is 16.3 Å². The van der Waals surface area contributed by atoms with Gasteiger partial charge < -0.3 is 14.5 Å². The number of hydrogen-bond acceptors (Lipinski definition) is 4. The number of hydrogen-bond donors (Lipinski definition) is 0. The number of azide groups is 1. The van der Waals surface area contributed by atoms with Crippen molar-refractivity contribution in [2.45, 2.75) is 18.4 Å². The van der Waals surface area contributed by atoms with Gasteiger partial charge in [-0.05, 0) is 67.5 Å². The van der Waals surface area contributed by atoms with Crippen LogP contribution < -0.4 is 9.64 Å². The van der Waals surface area contributed by atoms with Gasteiger partial charge in [0.25, 0.3) is 0 Å². The molecule has 1 heterocycles. The lowest BCUT2D eigenvalue weighted by Crippen LogP contribution is -2.42. The Kier molecular flexibility index (Phi) is 6.64. The van der Waals surface area contributed by atoms with Gasteiger partial charge in [0.2, 0.25) is 5.91 Å². The fraction of sp³-hybridized carbons (Fsp3) is 0.381. The summed E-state index contributed by atoms with van der Waals surface area (Å²) in [6, 6.07) is 12.2. The van der Waals surface area contributed by atoms with Crippen LogP contribution in [0, 0.1) is 0 Å². The smallest absolute Gasteiger partial charge is 0.236 e. The Hall–Kier alpha value is -2.73. The molecule has 152 valence electrons. The fourth-order valence-corrected chi connectivity index (χ4v) is 3.84. The van der Waals surface area contributed by atoms with Gasteiger partial charge in [-0.15, -0.1) is 0 Å². The van der Waals surface area contributed by atoms with Crippen molar-refractivity contribution in [1.29, 1.82) is 0 Å². The number of anilines is 1. The summed E-state index contributed by atoms with van der Waals surface area (Å²) < 4.78 is 5.24. The van der Waals surface area contributed by atoms with Crippen molar-refractivity contribution in [3.63, 3.8) is 0 Å². The number of rotatable bonds is 6. The summed E-state index contributed by atoms with van der Waals surface area (Å²) in [6.45, 7) is 1.18. The average molecular weight is 414 g/mol. The molecule has 1 amide bonds. The van der Waals surface area contributed by atoms with Gasteiger partial charge in [0.15, 0.2) is 0 Å². The summed E-state index contributed by atoms with van der Waals surface area (Å²) in [7, 11) is 5.51. The molecule has 0 unspecified atom stereocenters. The van der Waals surface area contributed by atoms with Crippen molar-refractivity contribution in [2.24, 2.45) is 5.11 Å². The van der Waals surface area contributed by atoms with Gasteiger partial charge in [0.05, 0.1) is 7.11 Å². The minimum absolute atomic E-state index is 0.202. The fourth-order valence-electron chi connectivity index (χ4n) is 3.65. The zero-order valence-electron chi connectivity index (χ0n) is 16.7. The van der Waals surface area contributed by atoms with Crippen molar-refractivity contribution in [2.75, 3.05) is 39.2 Å². The lowest BCUT2D eigenvalue weighted by molar-refractivity contribution is -0.120. The number of ether oxygens (including phenoxy) is 1. The third-order valence-electron chi connectivity index (χ3n) is 5.16. The molecule has 0 saturated carbocycles. The highest BCUT2D eigenvalue weighted by molar-refractivity contribution is 6.30. The second-order valence-corrected chi connectivity index (χ2v) is 7.74. The van der Waals surface area contributed by atoms with Crippen LogP contribution in [0.2, 0.25) is 5.02 Å². The Morgan fingerprint density at radius 1 is 1.28 bits per heavy atom. The molecule has 0 N–H and O–H groups in total. The summed E-state index contributed by atoms with van der Waals surface area (Å²) in [5, 5.41) is 4.53. The molecule has 0 spiro atoms. The highest BCUT2D eigenvalue weighted by Gasteiger charge is 2.37. The highest BCUT2D eigenvalue weighted by Crippen LogP contribution is 2.38. The van der Waals surface area contributed by atoms with E-state index in [1.165, 1.54) is 0 Å². The van der Waals surface area contributed by atoms with Gasteiger partial charge in [-0.3, -0.25) is 4.79 Å². The van der Waals surface area contributed by atoms with Gasteiger partial charge in [-0.1, -0.05) is 28.8 Å². The Balaban J connectivity index is 2.10. The first-order chi connectivity index (χ1) is 13.9. The van der Waals surface area contributed by atoms with Gasteiger partial charge in [-0.2, -0.15) is 0 Å². The number of carbonyl (C=O) groups excluding carboxylic acids is 1. The van der Waals surface area contributed by atoms with E-state index in [0.29, 0.717) is 24.5 Å². The summed E-state index contributed by atoms with van der Waals surface area (Å²) >= 11 is 6.26. The number of fused-ring (bicyclic) bond motifs is 1. The maximum atomic E-state index is 13.5. The van der Waals surface area contributed by atoms with E-state index in [2.05, 4.69) is 10.0 Å². The van der Waals surface area contributed by atoms with Gasteiger partial charge in [0, 0.05) is 34.6 Å². The molecule has 7 nitrogen and oxygen atoms in total. The van der Waals surface area contributed by atoms with Crippen LogP contribution in [0.3, 0.4) is 0 Å². The molecule has 1 aliphatic heterocycles. The van der Waals surface area contributed by atoms with Gasteiger partial charge in [0.1, 0.15) is 11.8 Å². The van der Waals surface area contributed by atoms with Crippen molar-refractivity contribution in [1.82, 2.24) is 4.90 Å². The van der Waals surface area contributed by atoms with Crippen LogP contribution >= 0.6 is 11.6 Å². The predicted molar refractivity (Wildman–Crippen MR) is 115 cm³/mol. The van der Waals surface area contributed by atoms with E-state index in [9.17, 15) is 10.3 Å². The third kappa shape index (κ3) is 4.65. The third-order valence-corrected chi connectivity index (χ3v) is 5.40. The average Bonchev–Trinajstić information content (AvgIpc) is 2.81. The van der Waals surface area contributed by atoms with E-state index in [0.717, 1.165) is 22.6 Å². The number of benzene rings is 2. The molecule has 8 heteroatoms. The maximum Gasteiger partial charge on any atom is 0.236 e. The van der Waals surface area contributed by atoms with Crippen LogP contribution in [-0.4, -0.2) is 51.1 Å². The van der Waals surface area contributed by atoms with E-state index in [1.54, 1.807) is 18.1 Å². The van der Waals surface area contributed by atoms with Crippen LogP contribution in [0.4, 0.5) is 5.69 Å². The van der Waals surface area contributed by atoms with Crippen LogP contribution in [0.1, 0.15) is 17.0 Å². The molecule has 0 fully saturated rings. The molecule has 0 radical (unpaired) electrons. The number of halogens is 1. The molecule has 0 aliphatic carbocycles. The maximum absolute atomic E-state index is 13.5. The topological polar surface area (TPSA) is 81.5 Å². The second-order valence-electron chi connectivity index (χ2n) is 7.30. The molecule has 1 aliphatic rings. The minimum atomic E-state index is -0.846. The van der Waals surface area contributed by atoms with E-state index >= 15 is 0 Å². The van der Waals surface area contributed by atoms with Crippen molar-refractivity contribution in [3.8, 4) is 5.75 Å². The summed E-state index contributed by atoms with van der Waals surface area (Å²) in [5.74, 6) is 0.225. The molecular formula is C21H24ClN5O2. The Bertz CT molecular complexity index is 925. The number of nitrogens with zero attached hydrogens (tertiary/aromatic N) is 5. The second kappa shape index (κ2) is 9.18. The largest absolute Gasteiger partial charge is 0.497 e. The normalized spacial score (nSPS) is 18.8. The first-order valence-corrected chi connectivity index (χ1v) is 9.75. The van der Waals surface area contributed by atoms with E-state index in [1.807, 2.05) is 55.4 Å². The number of methoxy groups -OCH3 is 1. The SMILES string of the molecule is COc1ccc([C@H]2Cc3cc(Cl)ccc3N(CCN(C)C)C(=O)[C@H]2N=[N+]=[N-])cc1. The molecule has 2 aromatic carbocycles. The molecular weight excluding hydrogens is 390 g/mol. The molecule has 0 aromatic heterocycles. The first kappa shape index (κ1) is 21.0. The molecule has 0 bridgehead atoms. The molecule has 29 heavy (non-hydrogen) atoms. The Labute approximate surface area is 175 Å². The highest BCUT2D eigenvalue weighted by atomic mass is 35.5. The van der Waals surface area contributed by atoms with Gasteiger partial charge >= 0.3 is 0 Å². The van der Waals surface area contributed by atoms with Crippen LogP contribution in [-0.2, 0) is 11.2 Å². The molecule has 2 atom stereocenters. The summed E-state index contributed by atoms with van der Waals surface area (Å²) in [6.07, 6.45) is 0.538. The molecule has 3 rings (SSSR count). The van der Waals surface area contributed by atoms with Crippen molar-refractivity contribution in [3.05, 3.63) is 69.1 Å². The van der Waals surface area contributed by atoms with Crippen molar-refractivity contribution >= 4 is 23.2 Å². The molecule has 2 aromatic rings. The quantitative estimate of drug-likeness (QED) is 0.403. The molecule has 0 saturated heterocycles. The van der Waals surface area contributed by atoms with Crippen LogP contribution in [0.25, 0.3) is 10.4 Å². The van der Waals surface area contributed by atoms with E-state index in [-0.39, 0.29) is 11.8 Å². The van der Waals surface area contributed by atoms with Crippen molar-refractivity contribution < 1.29 is 9.53 Å². The van der Waals surface area contributed by atoms with Crippen LogP contribution in [0.15, 0.2) is 47.6 Å². The summed E-state index contributed by atoms with van der Waals surface area (Å²) in [4.78, 5) is 20.2. The zero-order chi connectivity index (χ0) is 21.0. The lowest BCUT2D eigenvalue weighted by Gasteiger charge is -2.27. The van der Waals surface area contributed by atoms with Gasteiger partial charge in [-0.25, -0.2) is 0 Å². The Morgan fingerprint density at radius 2 is 2.00 bits per heavy atom. The number of carbonyl (C=O) groups is 1. The first-order valence-electron chi connectivity index (χ1n) is 9.37. The minimum Gasteiger partial charge on any atom is -0.497 e. The lowest BCUT2D eigenvalue weighted by atomic mass is 9.86. The van der Waals surface area contributed by atoms with Crippen LogP contribution in [0.5, 0.6) is 5.75 Å². The Morgan fingerprint density at radius 3 is 2.62 bits per heavy atom. The zero-order valence-corrected chi connectivity index (χ0v) is 17.5. The number of amides is 1. The number of likely N-dealkylation sites (N-methyl/N-ethyl adjacent to an activating group) is 1. The standard InChI is InChI=1S/C21H24ClN5O2/c1-26(2)10-11-27-19-9-6-16(22)12-15(19)13-18(20(21(27)28)24-25-23)14-4-7-17(29-3)8-5-14/h4-9,12,18,20H,10-11,13H2,1-3H3/t18-,20+/m1/s1.